The Morgan fingerprint density at radius 2 is 1.28 bits per heavy atom. The number of aliphatic carboxylic acids is 1. The molecule has 0 aromatic rings. The standard InChI is InChI=1S/2C9H15O6P/c1-3-9(12)14-5-6-15-16(2,13)7-4-8(10)11;1-3-8(10)14-5-6-15-9(11)4-7-16(2,12)13/h3H,1,4-7H2,2H3,(H,10,11);3H,1,4-7H2,2H3,(H,12,13). The van der Waals surface area contributed by atoms with E-state index in [1.54, 1.807) is 0 Å². The van der Waals surface area contributed by atoms with Crippen molar-refractivity contribution in [3.8, 4) is 0 Å². The van der Waals surface area contributed by atoms with Gasteiger partial charge in [0, 0.05) is 37.8 Å². The number of carbonyl (C=O) groups excluding carboxylic acids is 3. The molecule has 0 amide bonds. The van der Waals surface area contributed by atoms with Crippen LogP contribution in [-0.4, -0.2) is 86.0 Å². The molecule has 2 N–H and O–H groups in total. The van der Waals surface area contributed by atoms with Gasteiger partial charge in [0.25, 0.3) is 0 Å². The fraction of sp³-hybridized carbons (Fsp3) is 0.556. The lowest BCUT2D eigenvalue weighted by molar-refractivity contribution is -0.149. The number of ether oxygens (including phenoxy) is 3. The Morgan fingerprint density at radius 3 is 1.72 bits per heavy atom. The number of esters is 3. The van der Waals surface area contributed by atoms with Crippen LogP contribution in [0.4, 0.5) is 0 Å². The molecule has 32 heavy (non-hydrogen) atoms. The Kier molecular flexibility index (Phi) is 17.3. The minimum atomic E-state index is -3.18. The van der Waals surface area contributed by atoms with Gasteiger partial charge >= 0.3 is 23.9 Å². The maximum absolute atomic E-state index is 11.6. The summed E-state index contributed by atoms with van der Waals surface area (Å²) >= 11 is 0. The Hall–Kier alpha value is -2.26. The van der Waals surface area contributed by atoms with E-state index in [9.17, 15) is 28.3 Å². The first kappa shape index (κ1) is 31.9. The average molecular weight is 500 g/mol. The van der Waals surface area contributed by atoms with Crippen LogP contribution in [0.15, 0.2) is 25.3 Å². The molecule has 0 aliphatic rings. The van der Waals surface area contributed by atoms with Crippen molar-refractivity contribution in [2.45, 2.75) is 12.8 Å². The second-order valence-electron chi connectivity index (χ2n) is 6.20. The molecule has 2 unspecified atom stereocenters. The summed E-state index contributed by atoms with van der Waals surface area (Å²) in [4.78, 5) is 51.3. The topological polar surface area (TPSA) is 180 Å². The highest BCUT2D eigenvalue weighted by molar-refractivity contribution is 7.58. The van der Waals surface area contributed by atoms with E-state index in [2.05, 4.69) is 27.4 Å². The van der Waals surface area contributed by atoms with E-state index in [1.807, 2.05) is 0 Å². The molecule has 2 atom stereocenters. The Labute approximate surface area is 186 Å². The van der Waals surface area contributed by atoms with Crippen LogP contribution in [0.1, 0.15) is 12.8 Å². The van der Waals surface area contributed by atoms with E-state index in [4.69, 9.17) is 14.5 Å². The van der Waals surface area contributed by atoms with Crippen LogP contribution in [0.25, 0.3) is 0 Å². The zero-order chi connectivity index (χ0) is 25.2. The highest BCUT2D eigenvalue weighted by Crippen LogP contribution is 2.42. The lowest BCUT2D eigenvalue weighted by Crippen LogP contribution is -2.13. The SMILES string of the molecule is C=CC(=O)OCCOC(=O)CCP(C)(=O)O.C=CC(=O)OCCOP(C)(=O)CCC(=O)O. The third kappa shape index (κ3) is 24.0. The molecule has 0 aliphatic carbocycles. The Morgan fingerprint density at radius 1 is 0.812 bits per heavy atom. The van der Waals surface area contributed by atoms with Crippen molar-refractivity contribution in [1.82, 2.24) is 0 Å². The molecule has 0 saturated carbocycles. The molecule has 0 heterocycles. The van der Waals surface area contributed by atoms with Crippen LogP contribution in [0.5, 0.6) is 0 Å². The van der Waals surface area contributed by atoms with Crippen molar-refractivity contribution < 1.29 is 57.0 Å². The van der Waals surface area contributed by atoms with E-state index in [0.717, 1.165) is 12.2 Å². The van der Waals surface area contributed by atoms with Gasteiger partial charge in [0.05, 0.1) is 19.4 Å². The van der Waals surface area contributed by atoms with E-state index in [0.29, 0.717) is 0 Å². The predicted molar refractivity (Wildman–Crippen MR) is 115 cm³/mol. The molecule has 0 aliphatic heterocycles. The summed E-state index contributed by atoms with van der Waals surface area (Å²) < 4.78 is 41.2. The molecule has 0 radical (unpaired) electrons. The van der Waals surface area contributed by atoms with Gasteiger partial charge in [0.2, 0.25) is 7.37 Å². The fourth-order valence-electron chi connectivity index (χ4n) is 1.52. The first-order valence-corrected chi connectivity index (χ1v) is 13.7. The van der Waals surface area contributed by atoms with Crippen molar-refractivity contribution in [1.29, 1.82) is 0 Å². The van der Waals surface area contributed by atoms with E-state index >= 15 is 0 Å². The van der Waals surface area contributed by atoms with Gasteiger partial charge in [0.15, 0.2) is 7.37 Å². The normalized spacial score (nSPS) is 13.7. The molecule has 14 heteroatoms. The van der Waals surface area contributed by atoms with E-state index < -0.39 is 38.6 Å². The van der Waals surface area contributed by atoms with Gasteiger partial charge in [-0.2, -0.15) is 0 Å². The van der Waals surface area contributed by atoms with Crippen LogP contribution in [0.2, 0.25) is 0 Å². The first-order chi connectivity index (χ1) is 14.7. The molecule has 12 nitrogen and oxygen atoms in total. The number of hydrogen-bond donors (Lipinski definition) is 2. The van der Waals surface area contributed by atoms with Crippen LogP contribution in [-0.2, 0) is 47.0 Å². The van der Waals surface area contributed by atoms with Crippen molar-refractivity contribution in [3.05, 3.63) is 25.3 Å². The van der Waals surface area contributed by atoms with Crippen molar-refractivity contribution >= 4 is 38.6 Å². The molecule has 0 bridgehead atoms. The van der Waals surface area contributed by atoms with Crippen molar-refractivity contribution in [2.75, 3.05) is 52.1 Å². The quantitative estimate of drug-likeness (QED) is 0.109. The van der Waals surface area contributed by atoms with Crippen LogP contribution >= 0.6 is 14.7 Å². The number of carbonyl (C=O) groups is 4. The smallest absolute Gasteiger partial charge is 0.330 e. The van der Waals surface area contributed by atoms with Gasteiger partial charge in [-0.1, -0.05) is 13.2 Å². The summed E-state index contributed by atoms with van der Waals surface area (Å²) in [6, 6.07) is 0. The van der Waals surface area contributed by atoms with Gasteiger partial charge in [-0.15, -0.1) is 0 Å². The summed E-state index contributed by atoms with van der Waals surface area (Å²) in [5.74, 6) is -2.79. The van der Waals surface area contributed by atoms with Gasteiger partial charge in [-0.05, 0) is 0 Å². The predicted octanol–water partition coefficient (Wildman–Crippen LogP) is 1.66. The van der Waals surface area contributed by atoms with Gasteiger partial charge in [0.1, 0.15) is 19.8 Å². The summed E-state index contributed by atoms with van der Waals surface area (Å²) in [7, 11) is -6.09. The molecule has 0 aromatic heterocycles. The lowest BCUT2D eigenvalue weighted by Gasteiger charge is -2.12. The first-order valence-electron chi connectivity index (χ1n) is 9.18. The third-order valence-electron chi connectivity index (χ3n) is 3.08. The average Bonchev–Trinajstić information content (AvgIpc) is 2.71. The molecule has 0 fully saturated rings. The maximum Gasteiger partial charge on any atom is 0.330 e. The van der Waals surface area contributed by atoms with Gasteiger partial charge < -0.3 is 28.7 Å². The second kappa shape index (κ2) is 17.3. The molecule has 0 aromatic carbocycles. The molecule has 0 rings (SSSR count). The second-order valence-corrected chi connectivity index (χ2v) is 11.5. The third-order valence-corrected chi connectivity index (χ3v) is 5.90. The Balaban J connectivity index is 0. The zero-order valence-corrected chi connectivity index (χ0v) is 19.9. The number of hydrogen-bond acceptors (Lipinski definition) is 10. The summed E-state index contributed by atoms with van der Waals surface area (Å²) in [5.41, 5.74) is 0. The maximum atomic E-state index is 11.6. The lowest BCUT2D eigenvalue weighted by atomic mass is 10.5. The van der Waals surface area contributed by atoms with E-state index in [1.165, 1.54) is 13.3 Å². The molecular weight excluding hydrogens is 470 g/mol. The minimum Gasteiger partial charge on any atom is -0.481 e. The number of rotatable bonds is 15. The fourth-order valence-corrected chi connectivity index (χ4v) is 3.31. The van der Waals surface area contributed by atoms with Crippen LogP contribution < -0.4 is 0 Å². The van der Waals surface area contributed by atoms with Crippen LogP contribution in [0, 0.1) is 0 Å². The number of carboxylic acid groups (broad SMARTS) is 1. The summed E-state index contributed by atoms with van der Waals surface area (Å²) in [6.07, 6.45) is 1.53. The highest BCUT2D eigenvalue weighted by Gasteiger charge is 2.17. The molecular formula is C18H30O12P2. The van der Waals surface area contributed by atoms with E-state index in [-0.39, 0.29) is 51.6 Å². The number of carboxylic acids is 1. The van der Waals surface area contributed by atoms with Crippen molar-refractivity contribution in [2.24, 2.45) is 0 Å². The van der Waals surface area contributed by atoms with Crippen molar-refractivity contribution in [3.63, 3.8) is 0 Å². The zero-order valence-electron chi connectivity index (χ0n) is 18.1. The van der Waals surface area contributed by atoms with Gasteiger partial charge in [-0.3, -0.25) is 18.7 Å². The molecule has 0 spiro atoms. The molecule has 184 valence electrons. The van der Waals surface area contributed by atoms with Crippen LogP contribution in [0.3, 0.4) is 0 Å². The highest BCUT2D eigenvalue weighted by atomic mass is 31.2. The largest absolute Gasteiger partial charge is 0.481 e. The molecule has 0 saturated heterocycles. The summed E-state index contributed by atoms with van der Waals surface area (Å²) in [6.45, 7) is 8.74. The monoisotopic (exact) mass is 500 g/mol. The summed E-state index contributed by atoms with van der Waals surface area (Å²) in [5, 5.41) is 8.40. The minimum absolute atomic E-state index is 0.0209. The Bertz CT molecular complexity index is 740. The van der Waals surface area contributed by atoms with Gasteiger partial charge in [-0.25, -0.2) is 9.59 Å².